The van der Waals surface area contributed by atoms with Crippen LogP contribution in [0.25, 0.3) is 0 Å². The Bertz CT molecular complexity index is 233. The van der Waals surface area contributed by atoms with Crippen LogP contribution in [-0.2, 0) is 11.0 Å². The van der Waals surface area contributed by atoms with Crippen molar-refractivity contribution in [3.63, 3.8) is 0 Å². The Labute approximate surface area is 75.0 Å². The maximum absolute atomic E-state index is 10.6. The molecule has 0 saturated heterocycles. The molecule has 0 amide bonds. The second-order valence-corrected chi connectivity index (χ2v) is 3.80. The van der Waals surface area contributed by atoms with Gasteiger partial charge in [-0.2, -0.15) is 0 Å². The summed E-state index contributed by atoms with van der Waals surface area (Å²) in [4.78, 5) is 0. The minimum atomic E-state index is 0.270. The lowest BCUT2D eigenvalue weighted by molar-refractivity contribution is 0.587. The van der Waals surface area contributed by atoms with Crippen molar-refractivity contribution in [1.29, 1.82) is 0 Å². The molecule has 1 aromatic carbocycles. The topological polar surface area (TPSA) is 17.1 Å². The van der Waals surface area contributed by atoms with Gasteiger partial charge in [-0.3, -0.25) is 4.57 Å². The van der Waals surface area contributed by atoms with E-state index in [9.17, 15) is 4.57 Å². The third-order valence-electron chi connectivity index (χ3n) is 1.93. The van der Waals surface area contributed by atoms with Crippen molar-refractivity contribution >= 4 is 8.46 Å². The van der Waals surface area contributed by atoms with E-state index in [1.807, 2.05) is 18.2 Å². The number of hydrogen-bond acceptors (Lipinski definition) is 1. The molecule has 1 rings (SSSR count). The largest absolute Gasteiger partial charge is 0.275 e. The van der Waals surface area contributed by atoms with Crippen LogP contribution in [0.15, 0.2) is 30.3 Å². The van der Waals surface area contributed by atoms with Crippen LogP contribution in [0, 0.1) is 0 Å². The predicted molar refractivity (Wildman–Crippen MR) is 51.8 cm³/mol. The van der Waals surface area contributed by atoms with Crippen LogP contribution in [-0.4, -0.2) is 5.66 Å². The third kappa shape index (κ3) is 2.75. The fraction of sp³-hybridized carbons (Fsp3) is 0.400. The second-order valence-electron chi connectivity index (χ2n) is 2.86. The first-order valence-corrected chi connectivity index (χ1v) is 5.11. The molecule has 0 fully saturated rings. The highest BCUT2D eigenvalue weighted by molar-refractivity contribution is 7.24. The van der Waals surface area contributed by atoms with E-state index in [4.69, 9.17) is 0 Å². The van der Waals surface area contributed by atoms with E-state index in [1.54, 1.807) is 0 Å². The molecule has 2 heteroatoms. The van der Waals surface area contributed by atoms with Crippen LogP contribution < -0.4 is 0 Å². The Hall–Kier alpha value is -0.680. The van der Waals surface area contributed by atoms with Gasteiger partial charge in [0.2, 0.25) is 0 Å². The maximum atomic E-state index is 10.6. The van der Waals surface area contributed by atoms with Gasteiger partial charge in [-0.05, 0) is 18.4 Å². The average molecular weight is 180 g/mol. The van der Waals surface area contributed by atoms with Gasteiger partial charge < -0.3 is 0 Å². The summed E-state index contributed by atoms with van der Waals surface area (Å²) in [6, 6.07) is 10.2. The molecule has 0 aliphatic heterocycles. The maximum Gasteiger partial charge on any atom is 0.158 e. The predicted octanol–water partition coefficient (Wildman–Crippen LogP) is 3.30. The van der Waals surface area contributed by atoms with Crippen molar-refractivity contribution in [2.75, 3.05) is 0 Å². The molecular weight excluding hydrogens is 167 g/mol. The van der Waals surface area contributed by atoms with Crippen molar-refractivity contribution in [1.82, 2.24) is 0 Å². The number of hydrogen-bond donors (Lipinski definition) is 0. The molecule has 0 radical (unpaired) electrons. The molecule has 0 spiro atoms. The lowest BCUT2D eigenvalue weighted by Gasteiger charge is -2.04. The zero-order chi connectivity index (χ0) is 8.81. The molecule has 0 saturated carbocycles. The fourth-order valence-corrected chi connectivity index (χ4v) is 1.58. The molecule has 0 aliphatic rings. The third-order valence-corrected chi connectivity index (χ3v) is 2.78. The zero-order valence-electron chi connectivity index (χ0n) is 7.23. The molecule has 1 atom stereocenters. The summed E-state index contributed by atoms with van der Waals surface area (Å²) in [7, 11) is 0.270. The highest BCUT2D eigenvalue weighted by Crippen LogP contribution is 2.16. The summed E-state index contributed by atoms with van der Waals surface area (Å²) in [6.45, 7) is 2.07. The molecule has 0 heterocycles. The Morgan fingerprint density at radius 1 is 1.33 bits per heavy atom. The molecule has 0 N–H and O–H groups in total. The monoisotopic (exact) mass is 180 g/mol. The molecule has 0 aliphatic carbocycles. The summed E-state index contributed by atoms with van der Waals surface area (Å²) < 4.78 is 10.6. The summed E-state index contributed by atoms with van der Waals surface area (Å²) >= 11 is 0. The van der Waals surface area contributed by atoms with Crippen LogP contribution in [0.2, 0.25) is 0 Å². The van der Waals surface area contributed by atoms with Gasteiger partial charge in [0.15, 0.2) is 8.46 Å². The van der Waals surface area contributed by atoms with E-state index in [1.165, 1.54) is 5.56 Å². The second kappa shape index (κ2) is 5.05. The van der Waals surface area contributed by atoms with Gasteiger partial charge in [0.1, 0.15) is 0 Å². The normalized spacial score (nSPS) is 13.1. The van der Waals surface area contributed by atoms with Crippen molar-refractivity contribution < 1.29 is 4.57 Å². The molecule has 1 nitrogen and oxygen atoms in total. The molecule has 0 bridgehead atoms. The van der Waals surface area contributed by atoms with Crippen molar-refractivity contribution in [2.24, 2.45) is 0 Å². The van der Waals surface area contributed by atoms with Gasteiger partial charge in [0.25, 0.3) is 0 Å². The highest BCUT2D eigenvalue weighted by Gasteiger charge is 2.05. The molecule has 64 valence electrons. The summed E-state index contributed by atoms with van der Waals surface area (Å²) in [5.74, 6) is 0. The van der Waals surface area contributed by atoms with Crippen molar-refractivity contribution in [2.45, 2.75) is 25.4 Å². The summed E-state index contributed by atoms with van der Waals surface area (Å²) in [6.07, 6.45) is 1.89. The number of rotatable bonds is 4. The Morgan fingerprint density at radius 2 is 2.00 bits per heavy atom. The van der Waals surface area contributed by atoms with Crippen LogP contribution >= 0.6 is 8.46 Å². The quantitative estimate of drug-likeness (QED) is 0.649. The summed E-state index contributed by atoms with van der Waals surface area (Å²) in [5, 5.41) is 0. The van der Waals surface area contributed by atoms with Gasteiger partial charge in [-0.15, -0.1) is 0 Å². The van der Waals surface area contributed by atoms with E-state index < -0.39 is 0 Å². The van der Waals surface area contributed by atoms with Crippen LogP contribution in [0.3, 0.4) is 0 Å². The van der Waals surface area contributed by atoms with Gasteiger partial charge in [0, 0.05) is 5.66 Å². The van der Waals surface area contributed by atoms with Crippen molar-refractivity contribution in [3.8, 4) is 0 Å². The minimum absolute atomic E-state index is 0.270. The van der Waals surface area contributed by atoms with E-state index >= 15 is 0 Å². The number of benzene rings is 1. The lowest BCUT2D eigenvalue weighted by atomic mass is 10.1. The van der Waals surface area contributed by atoms with Crippen LogP contribution in [0.1, 0.15) is 18.9 Å². The highest BCUT2D eigenvalue weighted by atomic mass is 31.1. The fourth-order valence-electron chi connectivity index (χ4n) is 1.14. The van der Waals surface area contributed by atoms with E-state index in [-0.39, 0.29) is 14.1 Å². The first-order chi connectivity index (χ1) is 5.86. The average Bonchev–Trinajstić information content (AvgIpc) is 2.16. The van der Waals surface area contributed by atoms with Gasteiger partial charge in [0.05, 0.1) is 0 Å². The van der Waals surface area contributed by atoms with Gasteiger partial charge >= 0.3 is 0 Å². The first-order valence-electron chi connectivity index (χ1n) is 4.23. The first kappa shape index (κ1) is 9.41. The SMILES string of the molecule is CCC(Cc1ccccc1)P=O. The van der Waals surface area contributed by atoms with Gasteiger partial charge in [-0.1, -0.05) is 37.3 Å². The Morgan fingerprint density at radius 3 is 2.50 bits per heavy atom. The summed E-state index contributed by atoms with van der Waals surface area (Å²) in [5.41, 5.74) is 1.56. The van der Waals surface area contributed by atoms with E-state index in [0.717, 1.165) is 12.8 Å². The van der Waals surface area contributed by atoms with Gasteiger partial charge in [-0.25, -0.2) is 0 Å². The minimum Gasteiger partial charge on any atom is -0.275 e. The standard InChI is InChI=1S/C10H13OP/c1-2-10(12-11)8-9-6-4-3-5-7-9/h3-7,10H,2,8H2,1H3. The molecule has 1 aromatic rings. The Balaban J connectivity index is 2.56. The smallest absolute Gasteiger partial charge is 0.158 e. The van der Waals surface area contributed by atoms with Crippen LogP contribution in [0.5, 0.6) is 0 Å². The lowest BCUT2D eigenvalue weighted by Crippen LogP contribution is -2.00. The van der Waals surface area contributed by atoms with E-state index in [0.29, 0.717) is 0 Å². The molecule has 1 unspecified atom stereocenters. The molecule has 0 aromatic heterocycles. The van der Waals surface area contributed by atoms with E-state index in [2.05, 4.69) is 19.1 Å². The molecular formula is C10H13OP. The van der Waals surface area contributed by atoms with Crippen molar-refractivity contribution in [3.05, 3.63) is 35.9 Å². The Kier molecular flexibility index (Phi) is 3.96. The zero-order valence-corrected chi connectivity index (χ0v) is 8.13. The molecule has 12 heavy (non-hydrogen) atoms. The van der Waals surface area contributed by atoms with Crippen LogP contribution in [0.4, 0.5) is 0 Å².